The van der Waals surface area contributed by atoms with Crippen LogP contribution in [0.15, 0.2) is 46.9 Å². The quantitative estimate of drug-likeness (QED) is 0.313. The Labute approximate surface area is 201 Å². The average molecular weight is 470 g/mol. The van der Waals surface area contributed by atoms with Crippen molar-refractivity contribution in [3.8, 4) is 17.2 Å². The van der Waals surface area contributed by atoms with Crippen LogP contribution in [-0.2, 0) is 22.3 Å². The molecule has 1 aliphatic carbocycles. The van der Waals surface area contributed by atoms with Gasteiger partial charge in [-0.2, -0.15) is 0 Å². The van der Waals surface area contributed by atoms with Crippen molar-refractivity contribution in [3.63, 3.8) is 0 Å². The number of methoxy groups -OCH3 is 2. The molecule has 0 spiro atoms. The zero-order valence-corrected chi connectivity index (χ0v) is 20.5. The van der Waals surface area contributed by atoms with E-state index in [1.54, 1.807) is 14.2 Å². The smallest absolute Gasteiger partial charge is 0.226 e. The molecule has 0 N–H and O–H groups in total. The minimum absolute atomic E-state index is 0.216. The van der Waals surface area contributed by atoms with Gasteiger partial charge in [0, 0.05) is 32.1 Å². The molecule has 0 saturated heterocycles. The number of hydrogen-bond donors (Lipinski definition) is 0. The number of ether oxygens (including phenoxy) is 3. The van der Waals surface area contributed by atoms with Crippen LogP contribution in [0.2, 0.25) is 5.02 Å². The lowest BCUT2D eigenvalue weighted by Crippen LogP contribution is -2.28. The van der Waals surface area contributed by atoms with Crippen molar-refractivity contribution in [1.29, 1.82) is 0 Å². The molecule has 0 amide bonds. The predicted molar refractivity (Wildman–Crippen MR) is 130 cm³/mol. The summed E-state index contributed by atoms with van der Waals surface area (Å²) in [5, 5.41) is 0.642. The van der Waals surface area contributed by atoms with Crippen LogP contribution in [0, 0.1) is 12.8 Å². The van der Waals surface area contributed by atoms with Crippen LogP contribution in [0.4, 0.5) is 0 Å². The number of rotatable bonds is 10. The van der Waals surface area contributed by atoms with Crippen molar-refractivity contribution < 1.29 is 18.6 Å². The zero-order valence-electron chi connectivity index (χ0n) is 19.8. The van der Waals surface area contributed by atoms with E-state index in [4.69, 9.17) is 30.2 Å². The fourth-order valence-electron chi connectivity index (χ4n) is 4.93. The first-order chi connectivity index (χ1) is 16.0. The Morgan fingerprint density at radius 2 is 1.91 bits per heavy atom. The van der Waals surface area contributed by atoms with Crippen LogP contribution in [0.3, 0.4) is 0 Å². The van der Waals surface area contributed by atoms with Gasteiger partial charge in [0.2, 0.25) is 5.89 Å². The summed E-state index contributed by atoms with van der Waals surface area (Å²) in [5.41, 5.74) is 4.46. The van der Waals surface area contributed by atoms with E-state index >= 15 is 0 Å². The second kappa shape index (κ2) is 10.7. The number of halogens is 1. The normalized spacial score (nSPS) is 16.2. The van der Waals surface area contributed by atoms with Gasteiger partial charge in [0.05, 0.1) is 17.3 Å². The third-order valence-electron chi connectivity index (χ3n) is 6.63. The van der Waals surface area contributed by atoms with E-state index in [9.17, 15) is 0 Å². The topological polar surface area (TPSA) is 53.7 Å². The SMILES string of the molecule is CCC(C(OC)OC)C1CCc2cc(OCCc3nc(-c4ccccc4)oc3C)c(Cl)cc21. The molecule has 0 aliphatic heterocycles. The van der Waals surface area contributed by atoms with Gasteiger partial charge >= 0.3 is 0 Å². The van der Waals surface area contributed by atoms with Gasteiger partial charge in [-0.15, -0.1) is 0 Å². The Bertz CT molecular complexity index is 1060. The third kappa shape index (κ3) is 5.11. The molecule has 5 nitrogen and oxygen atoms in total. The van der Waals surface area contributed by atoms with Crippen molar-refractivity contribution in [2.45, 2.75) is 51.7 Å². The molecule has 2 aromatic carbocycles. The Morgan fingerprint density at radius 3 is 2.61 bits per heavy atom. The first kappa shape index (κ1) is 23.8. The molecule has 4 rings (SSSR count). The maximum atomic E-state index is 6.64. The zero-order chi connectivity index (χ0) is 23.4. The molecule has 1 aliphatic rings. The van der Waals surface area contributed by atoms with E-state index in [1.807, 2.05) is 37.3 Å². The van der Waals surface area contributed by atoms with E-state index < -0.39 is 0 Å². The van der Waals surface area contributed by atoms with E-state index in [1.165, 1.54) is 11.1 Å². The van der Waals surface area contributed by atoms with E-state index in [0.29, 0.717) is 29.9 Å². The Hall–Kier alpha value is -2.34. The van der Waals surface area contributed by atoms with E-state index in [0.717, 1.165) is 42.0 Å². The summed E-state index contributed by atoms with van der Waals surface area (Å²) in [7, 11) is 3.41. The number of fused-ring (bicyclic) bond motifs is 1. The number of aryl methyl sites for hydroxylation is 2. The molecule has 0 saturated carbocycles. The van der Waals surface area contributed by atoms with Crippen LogP contribution in [0.25, 0.3) is 11.5 Å². The molecule has 1 heterocycles. The van der Waals surface area contributed by atoms with Gasteiger partial charge in [0.25, 0.3) is 0 Å². The second-order valence-electron chi connectivity index (χ2n) is 8.52. The fraction of sp³-hybridized carbons (Fsp3) is 0.444. The molecule has 6 heteroatoms. The summed E-state index contributed by atoms with van der Waals surface area (Å²) in [6, 6.07) is 14.1. The van der Waals surface area contributed by atoms with Crippen LogP contribution in [-0.4, -0.2) is 32.1 Å². The number of nitrogens with zero attached hydrogens (tertiary/aromatic N) is 1. The number of oxazole rings is 1. The van der Waals surface area contributed by atoms with Crippen LogP contribution >= 0.6 is 11.6 Å². The molecule has 176 valence electrons. The number of benzene rings is 2. The minimum Gasteiger partial charge on any atom is -0.492 e. The van der Waals surface area contributed by atoms with Gasteiger partial charge in [0.1, 0.15) is 11.5 Å². The van der Waals surface area contributed by atoms with E-state index in [2.05, 4.69) is 24.0 Å². The third-order valence-corrected chi connectivity index (χ3v) is 6.93. The average Bonchev–Trinajstić information content (AvgIpc) is 3.41. The lowest BCUT2D eigenvalue weighted by molar-refractivity contribution is -0.143. The summed E-state index contributed by atoms with van der Waals surface area (Å²) in [6.45, 7) is 4.60. The van der Waals surface area contributed by atoms with Gasteiger partial charge in [-0.1, -0.05) is 36.7 Å². The highest BCUT2D eigenvalue weighted by Gasteiger charge is 2.35. The van der Waals surface area contributed by atoms with Gasteiger partial charge in [0.15, 0.2) is 6.29 Å². The van der Waals surface area contributed by atoms with Gasteiger partial charge in [-0.05, 0) is 67.5 Å². The van der Waals surface area contributed by atoms with Crippen molar-refractivity contribution >= 4 is 11.6 Å². The monoisotopic (exact) mass is 469 g/mol. The molecule has 3 aromatic rings. The molecule has 1 aromatic heterocycles. The molecule has 33 heavy (non-hydrogen) atoms. The highest BCUT2D eigenvalue weighted by molar-refractivity contribution is 6.32. The standard InChI is InChI=1S/C27H32ClNO4/c1-5-20(27(30-3)31-4)21-12-11-19-15-25(23(28)16-22(19)21)32-14-13-24-17(2)33-26(29-24)18-9-7-6-8-10-18/h6-10,15-16,20-21,27H,5,11-14H2,1-4H3. The van der Waals surface area contributed by atoms with Crippen LogP contribution in [0.1, 0.15) is 48.3 Å². The lowest BCUT2D eigenvalue weighted by Gasteiger charge is -2.29. The summed E-state index contributed by atoms with van der Waals surface area (Å²) in [6.07, 6.45) is 3.49. The first-order valence-corrected chi connectivity index (χ1v) is 12.0. The molecular formula is C27H32ClNO4. The maximum Gasteiger partial charge on any atom is 0.226 e. The maximum absolute atomic E-state index is 6.64. The summed E-state index contributed by atoms with van der Waals surface area (Å²) in [5.74, 6) is 2.84. The summed E-state index contributed by atoms with van der Waals surface area (Å²) >= 11 is 6.64. The molecular weight excluding hydrogens is 438 g/mol. The molecule has 2 unspecified atom stereocenters. The van der Waals surface area contributed by atoms with E-state index in [-0.39, 0.29) is 12.2 Å². The van der Waals surface area contributed by atoms with Crippen molar-refractivity contribution in [3.05, 3.63) is 70.1 Å². The van der Waals surface area contributed by atoms with Gasteiger partial charge in [-0.3, -0.25) is 0 Å². The predicted octanol–water partition coefficient (Wildman–Crippen LogP) is 6.60. The molecule has 2 atom stereocenters. The van der Waals surface area contributed by atoms with Gasteiger partial charge in [-0.25, -0.2) is 4.98 Å². The molecule has 0 radical (unpaired) electrons. The Kier molecular flexibility index (Phi) is 7.74. The van der Waals surface area contributed by atoms with Crippen molar-refractivity contribution in [2.75, 3.05) is 20.8 Å². The first-order valence-electron chi connectivity index (χ1n) is 11.6. The van der Waals surface area contributed by atoms with Crippen LogP contribution < -0.4 is 4.74 Å². The summed E-state index contributed by atoms with van der Waals surface area (Å²) < 4.78 is 23.1. The highest BCUT2D eigenvalue weighted by Crippen LogP contribution is 2.45. The largest absolute Gasteiger partial charge is 0.492 e. The second-order valence-corrected chi connectivity index (χ2v) is 8.93. The highest BCUT2D eigenvalue weighted by atomic mass is 35.5. The number of aromatic nitrogens is 1. The van der Waals surface area contributed by atoms with Crippen LogP contribution in [0.5, 0.6) is 5.75 Å². The summed E-state index contributed by atoms with van der Waals surface area (Å²) in [4.78, 5) is 4.66. The lowest BCUT2D eigenvalue weighted by atomic mass is 9.85. The Balaban J connectivity index is 1.43. The van der Waals surface area contributed by atoms with Crippen molar-refractivity contribution in [2.24, 2.45) is 5.92 Å². The number of hydrogen-bond acceptors (Lipinski definition) is 5. The molecule has 0 bridgehead atoms. The van der Waals surface area contributed by atoms with Crippen molar-refractivity contribution in [1.82, 2.24) is 4.98 Å². The molecule has 0 fully saturated rings. The fourth-order valence-corrected chi connectivity index (χ4v) is 5.16. The minimum atomic E-state index is -0.216. The van der Waals surface area contributed by atoms with Gasteiger partial charge < -0.3 is 18.6 Å². The Morgan fingerprint density at radius 1 is 1.15 bits per heavy atom.